The number of aromatic nitrogens is 1. The van der Waals surface area contributed by atoms with Crippen molar-refractivity contribution in [2.75, 3.05) is 51.3 Å². The number of carbonyl (C=O) groups excluding carboxylic acids is 10. The maximum absolute atomic E-state index is 14.9. The molecule has 3 aliphatic rings. The second-order valence-electron chi connectivity index (χ2n) is 21.7. The van der Waals surface area contributed by atoms with Crippen molar-refractivity contribution in [2.24, 2.45) is 11.5 Å². The number of guanidine groups is 1. The maximum Gasteiger partial charge on any atom is 0.246 e. The van der Waals surface area contributed by atoms with Gasteiger partial charge in [0.15, 0.2) is 5.96 Å². The highest BCUT2D eigenvalue weighted by Crippen LogP contribution is 2.27. The van der Waals surface area contributed by atoms with Gasteiger partial charge in [-0.05, 0) is 93.7 Å². The molecule has 10 atom stereocenters. The van der Waals surface area contributed by atoms with E-state index < -0.39 is 114 Å². The summed E-state index contributed by atoms with van der Waals surface area (Å²) in [7, 11) is 1.47. The van der Waals surface area contributed by atoms with Gasteiger partial charge in [-0.2, -0.15) is 25.3 Å². The van der Waals surface area contributed by atoms with E-state index in [-0.39, 0.29) is 94.5 Å². The molecule has 464 valence electrons. The lowest BCUT2D eigenvalue weighted by molar-refractivity contribution is -0.148. The molecule has 0 saturated carbocycles. The van der Waals surface area contributed by atoms with E-state index in [1.165, 1.54) is 28.7 Å². The average molecular weight is 1220 g/mol. The lowest BCUT2D eigenvalue weighted by atomic mass is 10.0. The molecule has 0 radical (unpaired) electrons. The second-order valence-corrected chi connectivity index (χ2v) is 22.5. The Kier molecular flexibility index (Phi) is 25.7. The van der Waals surface area contributed by atoms with E-state index >= 15 is 0 Å². The van der Waals surface area contributed by atoms with Crippen molar-refractivity contribution in [1.82, 2.24) is 62.2 Å². The lowest BCUT2D eigenvalue weighted by Crippen LogP contribution is -2.61. The Bertz CT molecular complexity index is 2850. The van der Waals surface area contributed by atoms with Crippen LogP contribution in [0, 0.1) is 5.41 Å². The number of amides is 10. The lowest BCUT2D eigenvalue weighted by Gasteiger charge is -2.33. The number of nitrogens with one attached hydrogen (secondary N) is 10. The third-order valence-corrected chi connectivity index (χ3v) is 16.1. The number of aliphatic hydroxyl groups is 1. The predicted octanol–water partition coefficient (Wildman–Crippen LogP) is -1.79. The van der Waals surface area contributed by atoms with E-state index in [0.29, 0.717) is 56.2 Å². The number of aromatic amines is 1. The number of unbranched alkanes of at least 4 members (excludes halogenated alkanes) is 1. The molecule has 0 bridgehead atoms. The number of aliphatic hydroxyl groups excluding tert-OH is 1. The van der Waals surface area contributed by atoms with Crippen LogP contribution in [0.1, 0.15) is 88.7 Å². The molecule has 2 aromatic carbocycles. The number of nitrogens with two attached hydrogens (primary N) is 2. The topological polar surface area (TPSA) is 389 Å². The number of para-hydroxylation sites is 1. The number of β-amino-alcohol motifs (C(OH)–C–C–N with tert-alkyl or cyclic N) is 1. The SMILES string of the molecule is CNC(=O)[C@H](CCCCN)NC(=O)[C@@H]1CCCN1C(=O)[C@@H]1CCCN1C(=O)[C@H](CS)NC(=O)[C@H](Cc1c[nH]c2ccccc12)NC(=O)[C@H](CCCNC(=N)N)NC(=O)[C@@H](Cc1ccccc1)NC(=O)[C@@H]1C[C@@H](O)CN1C(=O)[C@H](CCS)NC(C)=O. The first-order valence-corrected chi connectivity index (χ1v) is 30.2. The Balaban J connectivity index is 1.23. The summed E-state index contributed by atoms with van der Waals surface area (Å²) >= 11 is 8.71. The van der Waals surface area contributed by atoms with Crippen molar-refractivity contribution in [1.29, 1.82) is 5.41 Å². The van der Waals surface area contributed by atoms with Gasteiger partial charge in [0.05, 0.1) is 6.10 Å². The highest BCUT2D eigenvalue weighted by Gasteiger charge is 2.45. The summed E-state index contributed by atoms with van der Waals surface area (Å²) in [4.78, 5) is 147. The summed E-state index contributed by atoms with van der Waals surface area (Å²) < 4.78 is 0. The highest BCUT2D eigenvalue weighted by atomic mass is 32.1. The third-order valence-electron chi connectivity index (χ3n) is 15.5. The largest absolute Gasteiger partial charge is 0.391 e. The predicted molar refractivity (Wildman–Crippen MR) is 323 cm³/mol. The fourth-order valence-corrected chi connectivity index (χ4v) is 11.7. The van der Waals surface area contributed by atoms with Crippen LogP contribution in [0.5, 0.6) is 0 Å². The standard InChI is InChI=1S/C57H83N15O11S2/c1-33(73)64-41(21-26-84)54(81)72-31-36(74)29-47(72)53(80)68-42(27-34-13-4-3-5-14-34)50(77)65-40(18-10-23-62-57(59)60)49(76)67-43(28-35-30-63-38-16-7-6-15-37(35)38)51(78)69-44(32-85)55(82)71-25-12-20-46(71)56(83)70-24-11-19-45(70)52(79)66-39(48(75)61-2)17-8-9-22-58/h3-7,13-16,30,36,39-47,63,74,84-85H,8-12,17-29,31-32,58H2,1-2H3,(H,61,75)(H,64,73)(H,65,77)(H,66,79)(H,67,76)(H,68,80)(H,69,78)(H4,59,60,62)/t36-,39+,40+,41+,42-,43+,44+,45+,46+,47+/m1/s1. The number of hydrogen-bond acceptors (Lipinski definition) is 15. The van der Waals surface area contributed by atoms with E-state index in [0.717, 1.165) is 10.9 Å². The van der Waals surface area contributed by atoms with Crippen LogP contribution >= 0.6 is 25.3 Å². The number of fused-ring (bicyclic) bond motifs is 1. The van der Waals surface area contributed by atoms with Crippen molar-refractivity contribution in [3.8, 4) is 0 Å². The summed E-state index contributed by atoms with van der Waals surface area (Å²) in [5.41, 5.74) is 13.2. The first-order valence-electron chi connectivity index (χ1n) is 29.0. The molecule has 3 fully saturated rings. The Morgan fingerprint density at radius 1 is 0.671 bits per heavy atom. The van der Waals surface area contributed by atoms with Crippen molar-refractivity contribution in [3.63, 3.8) is 0 Å². The quantitative estimate of drug-likeness (QED) is 0.0152. The fourth-order valence-electron chi connectivity index (χ4n) is 11.2. The van der Waals surface area contributed by atoms with Crippen LogP contribution in [0.3, 0.4) is 0 Å². The molecule has 85 heavy (non-hydrogen) atoms. The van der Waals surface area contributed by atoms with Crippen LogP contribution in [0.2, 0.25) is 0 Å². The maximum atomic E-state index is 14.9. The van der Waals surface area contributed by atoms with Crippen LogP contribution in [-0.2, 0) is 60.8 Å². The Morgan fingerprint density at radius 2 is 1.26 bits per heavy atom. The van der Waals surface area contributed by atoms with Gasteiger partial charge in [-0.15, -0.1) is 0 Å². The van der Waals surface area contributed by atoms with E-state index in [1.54, 1.807) is 36.5 Å². The normalized spacial score (nSPS) is 19.6. The molecule has 3 aliphatic heterocycles. The second kappa shape index (κ2) is 32.7. The van der Waals surface area contributed by atoms with Crippen LogP contribution in [0.15, 0.2) is 60.8 Å². The van der Waals surface area contributed by atoms with E-state index in [9.17, 15) is 53.1 Å². The number of likely N-dealkylation sites (tertiary alicyclic amines) is 3. The van der Waals surface area contributed by atoms with Gasteiger partial charge in [0.2, 0.25) is 59.1 Å². The molecule has 3 aromatic rings. The van der Waals surface area contributed by atoms with Gasteiger partial charge in [0, 0.05) is 82.3 Å². The minimum atomic E-state index is -1.41. The molecule has 28 heteroatoms. The summed E-state index contributed by atoms with van der Waals surface area (Å²) in [6.45, 7) is 1.96. The van der Waals surface area contributed by atoms with Crippen molar-refractivity contribution < 1.29 is 53.1 Å². The van der Waals surface area contributed by atoms with Gasteiger partial charge < -0.3 is 78.8 Å². The first kappa shape index (κ1) is 66.7. The molecule has 0 unspecified atom stereocenters. The number of hydrogen-bond donors (Lipinski definition) is 15. The monoisotopic (exact) mass is 1220 g/mol. The van der Waals surface area contributed by atoms with Gasteiger partial charge in [-0.1, -0.05) is 48.5 Å². The highest BCUT2D eigenvalue weighted by molar-refractivity contribution is 7.80. The molecule has 10 amide bonds. The Hall–Kier alpha value is -7.43. The number of likely N-dealkylation sites (N-methyl/N-ethyl adjacent to an activating group) is 1. The van der Waals surface area contributed by atoms with E-state index in [1.807, 2.05) is 24.3 Å². The summed E-state index contributed by atoms with van der Waals surface area (Å²) in [6, 6.07) is 5.51. The number of thiol groups is 2. The molecule has 15 N–H and O–H groups in total. The molecule has 0 aliphatic carbocycles. The average Bonchev–Trinajstić information content (AvgIpc) is 3.64. The first-order chi connectivity index (χ1) is 40.8. The zero-order chi connectivity index (χ0) is 61.7. The van der Waals surface area contributed by atoms with Gasteiger partial charge >= 0.3 is 0 Å². The Labute approximate surface area is 505 Å². The number of rotatable bonds is 30. The van der Waals surface area contributed by atoms with E-state index in [2.05, 4.69) is 72.8 Å². The van der Waals surface area contributed by atoms with Crippen LogP contribution < -0.4 is 54.0 Å². The summed E-state index contributed by atoms with van der Waals surface area (Å²) in [6.07, 6.45) is 3.62. The van der Waals surface area contributed by atoms with Gasteiger partial charge in [0.1, 0.15) is 54.4 Å². The van der Waals surface area contributed by atoms with Crippen molar-refractivity contribution in [2.45, 2.75) is 151 Å². The summed E-state index contributed by atoms with van der Waals surface area (Å²) in [5.74, 6) is -6.58. The third kappa shape index (κ3) is 18.5. The number of benzene rings is 2. The van der Waals surface area contributed by atoms with Crippen molar-refractivity contribution >= 4 is 101 Å². The molecular formula is C57H83N15O11S2. The number of nitrogens with zero attached hydrogens (tertiary/aromatic N) is 3. The fraction of sp³-hybridized carbons (Fsp3) is 0.561. The minimum absolute atomic E-state index is 0.0802. The van der Waals surface area contributed by atoms with Crippen LogP contribution in [-0.4, -0.2) is 202 Å². The molecule has 26 nitrogen and oxygen atoms in total. The Morgan fingerprint density at radius 3 is 1.93 bits per heavy atom. The molecule has 3 saturated heterocycles. The zero-order valence-corrected chi connectivity index (χ0v) is 49.9. The molecule has 6 rings (SSSR count). The van der Waals surface area contributed by atoms with Crippen LogP contribution in [0.25, 0.3) is 10.9 Å². The van der Waals surface area contributed by atoms with Crippen LogP contribution in [0.4, 0.5) is 0 Å². The molecule has 1 aromatic heterocycles. The van der Waals surface area contributed by atoms with Crippen molar-refractivity contribution in [3.05, 3.63) is 71.9 Å². The smallest absolute Gasteiger partial charge is 0.246 e. The molecule has 4 heterocycles. The summed E-state index contributed by atoms with van der Waals surface area (Å²) in [5, 5.41) is 41.0. The molecular weight excluding hydrogens is 1130 g/mol. The molecule has 0 spiro atoms. The number of carbonyl (C=O) groups is 10. The van der Waals surface area contributed by atoms with Gasteiger partial charge in [-0.3, -0.25) is 53.4 Å². The minimum Gasteiger partial charge on any atom is -0.391 e. The number of H-pyrrole nitrogens is 1. The van der Waals surface area contributed by atoms with Gasteiger partial charge in [-0.25, -0.2) is 0 Å². The van der Waals surface area contributed by atoms with Gasteiger partial charge in [0.25, 0.3) is 0 Å². The zero-order valence-electron chi connectivity index (χ0n) is 48.1. The van der Waals surface area contributed by atoms with E-state index in [4.69, 9.17) is 16.9 Å².